The van der Waals surface area contributed by atoms with Crippen LogP contribution in [0.4, 0.5) is 5.82 Å². The van der Waals surface area contributed by atoms with E-state index < -0.39 is 0 Å². The highest BCUT2D eigenvalue weighted by molar-refractivity contribution is 5.66. The highest BCUT2D eigenvalue weighted by Crippen LogP contribution is 2.23. The Morgan fingerprint density at radius 2 is 1.82 bits per heavy atom. The third-order valence-corrected chi connectivity index (χ3v) is 4.72. The summed E-state index contributed by atoms with van der Waals surface area (Å²) in [5, 5.41) is 7.96. The van der Waals surface area contributed by atoms with Crippen LogP contribution in [0.2, 0.25) is 0 Å². The van der Waals surface area contributed by atoms with Crippen LogP contribution in [0.25, 0.3) is 28.2 Å². The zero-order valence-corrected chi connectivity index (χ0v) is 16.1. The zero-order chi connectivity index (χ0) is 19.3. The Morgan fingerprint density at radius 1 is 0.964 bits per heavy atom. The zero-order valence-electron chi connectivity index (χ0n) is 16.1. The van der Waals surface area contributed by atoms with Crippen LogP contribution in [0.3, 0.4) is 0 Å². The van der Waals surface area contributed by atoms with E-state index in [0.29, 0.717) is 0 Å². The van der Waals surface area contributed by atoms with Crippen LogP contribution < -0.4 is 10.2 Å². The largest absolute Gasteiger partial charge is 0.356 e. The van der Waals surface area contributed by atoms with Crippen molar-refractivity contribution >= 4 is 11.5 Å². The number of nitrogens with one attached hydrogen (secondary N) is 1. The molecule has 0 unspecified atom stereocenters. The maximum Gasteiger partial charge on any atom is 0.154 e. The number of fused-ring (bicyclic) bond motifs is 1. The number of nitrogens with zero attached hydrogens (tertiary/aromatic N) is 6. The molecular formula is C21H23N7. The van der Waals surface area contributed by atoms with Gasteiger partial charge >= 0.3 is 0 Å². The second-order valence-electron chi connectivity index (χ2n) is 6.46. The molecular weight excluding hydrogens is 350 g/mol. The molecule has 0 saturated carbocycles. The summed E-state index contributed by atoms with van der Waals surface area (Å²) >= 11 is 0. The number of pyridine rings is 2. The topological polar surface area (TPSA) is 71.2 Å². The number of rotatable bonds is 7. The van der Waals surface area contributed by atoms with Crippen LogP contribution in [-0.4, -0.2) is 51.2 Å². The highest BCUT2D eigenvalue weighted by Gasteiger charge is 2.11. The predicted molar refractivity (Wildman–Crippen MR) is 111 cm³/mol. The van der Waals surface area contributed by atoms with E-state index in [9.17, 15) is 0 Å². The summed E-state index contributed by atoms with van der Waals surface area (Å²) in [4.78, 5) is 15.5. The minimum atomic E-state index is 0.807. The molecule has 1 N–H and O–H groups in total. The number of hydrogen-bond donors (Lipinski definition) is 1. The average molecular weight is 373 g/mol. The summed E-state index contributed by atoms with van der Waals surface area (Å²) < 4.78 is 1.87. The molecule has 0 atom stereocenters. The minimum absolute atomic E-state index is 0.807. The number of likely N-dealkylation sites (N-methyl/N-ethyl adjacent to an activating group) is 2. The van der Waals surface area contributed by atoms with Crippen molar-refractivity contribution in [1.82, 2.24) is 29.9 Å². The summed E-state index contributed by atoms with van der Waals surface area (Å²) in [6.07, 6.45) is 7.27. The summed E-state index contributed by atoms with van der Waals surface area (Å²) in [6.45, 7) is 4.90. The van der Waals surface area contributed by atoms with Gasteiger partial charge in [-0.15, -0.1) is 0 Å². The third-order valence-electron chi connectivity index (χ3n) is 4.72. The molecule has 0 saturated heterocycles. The van der Waals surface area contributed by atoms with Crippen LogP contribution >= 0.6 is 0 Å². The normalized spacial score (nSPS) is 11.1. The van der Waals surface area contributed by atoms with Crippen molar-refractivity contribution in [2.75, 3.05) is 31.6 Å². The van der Waals surface area contributed by atoms with Crippen molar-refractivity contribution in [1.29, 1.82) is 0 Å². The van der Waals surface area contributed by atoms with Gasteiger partial charge in [0.15, 0.2) is 5.65 Å². The van der Waals surface area contributed by atoms with E-state index in [1.165, 1.54) is 0 Å². The summed E-state index contributed by atoms with van der Waals surface area (Å²) in [6, 6.07) is 12.0. The predicted octanol–water partition coefficient (Wildman–Crippen LogP) is 2.90. The van der Waals surface area contributed by atoms with Gasteiger partial charge in [0, 0.05) is 49.4 Å². The maximum atomic E-state index is 4.78. The van der Waals surface area contributed by atoms with E-state index >= 15 is 0 Å². The second-order valence-corrected chi connectivity index (χ2v) is 6.46. The lowest BCUT2D eigenvalue weighted by Crippen LogP contribution is -2.31. The molecule has 0 amide bonds. The molecule has 4 aromatic heterocycles. The molecule has 28 heavy (non-hydrogen) atoms. The molecule has 142 valence electrons. The Bertz CT molecular complexity index is 1040. The van der Waals surface area contributed by atoms with Crippen molar-refractivity contribution < 1.29 is 0 Å². The van der Waals surface area contributed by atoms with Crippen LogP contribution in [0.15, 0.2) is 61.2 Å². The van der Waals surface area contributed by atoms with E-state index in [0.717, 1.165) is 53.6 Å². The van der Waals surface area contributed by atoms with E-state index in [1.807, 2.05) is 48.2 Å². The van der Waals surface area contributed by atoms with Crippen molar-refractivity contribution in [2.24, 2.45) is 0 Å². The third kappa shape index (κ3) is 3.57. The van der Waals surface area contributed by atoms with Crippen molar-refractivity contribution in [2.45, 2.75) is 6.92 Å². The van der Waals surface area contributed by atoms with Gasteiger partial charge in [-0.2, -0.15) is 5.10 Å². The van der Waals surface area contributed by atoms with E-state index in [-0.39, 0.29) is 0 Å². The van der Waals surface area contributed by atoms with Crippen molar-refractivity contribution in [3.05, 3.63) is 61.2 Å². The number of imidazole rings is 1. The van der Waals surface area contributed by atoms with E-state index in [2.05, 4.69) is 44.2 Å². The van der Waals surface area contributed by atoms with Crippen LogP contribution in [0.1, 0.15) is 6.92 Å². The molecule has 0 fully saturated rings. The number of anilines is 1. The van der Waals surface area contributed by atoms with Gasteiger partial charge in [-0.3, -0.25) is 4.98 Å². The lowest BCUT2D eigenvalue weighted by Gasteiger charge is -2.21. The van der Waals surface area contributed by atoms with E-state index in [4.69, 9.17) is 5.10 Å². The first-order valence-corrected chi connectivity index (χ1v) is 9.41. The fourth-order valence-electron chi connectivity index (χ4n) is 3.15. The first-order chi connectivity index (χ1) is 13.8. The number of aromatic nitrogens is 5. The summed E-state index contributed by atoms with van der Waals surface area (Å²) in [7, 11) is 1.96. The molecule has 0 bridgehead atoms. The SMILES string of the molecule is CCN(CCNC)c1ccc(-c2cnc3ccc(-c4ccncc4)nn23)cn1. The van der Waals surface area contributed by atoms with Gasteiger partial charge in [-0.05, 0) is 50.4 Å². The molecule has 4 rings (SSSR count). The van der Waals surface area contributed by atoms with Crippen molar-refractivity contribution in [3.63, 3.8) is 0 Å². The van der Waals surface area contributed by atoms with E-state index in [1.54, 1.807) is 12.4 Å². The van der Waals surface area contributed by atoms with Gasteiger partial charge < -0.3 is 10.2 Å². The van der Waals surface area contributed by atoms with Gasteiger partial charge in [0.25, 0.3) is 0 Å². The first-order valence-electron chi connectivity index (χ1n) is 9.41. The lowest BCUT2D eigenvalue weighted by atomic mass is 10.2. The van der Waals surface area contributed by atoms with Crippen LogP contribution in [0.5, 0.6) is 0 Å². The van der Waals surface area contributed by atoms with Gasteiger partial charge in [0.2, 0.25) is 0 Å². The highest BCUT2D eigenvalue weighted by atomic mass is 15.3. The van der Waals surface area contributed by atoms with Crippen LogP contribution in [0, 0.1) is 0 Å². The standard InChI is InChI=1S/C21H23N7/c1-3-27(13-12-22-2)20-6-4-17(14-24-20)19-15-25-21-7-5-18(26-28(19)21)16-8-10-23-11-9-16/h4-11,14-15,22H,3,12-13H2,1-2H3. The Hall–Kier alpha value is -3.32. The quantitative estimate of drug-likeness (QED) is 0.537. The van der Waals surface area contributed by atoms with Gasteiger partial charge in [0.05, 0.1) is 17.6 Å². The Balaban J connectivity index is 1.67. The lowest BCUT2D eigenvalue weighted by molar-refractivity contribution is 0.729. The monoisotopic (exact) mass is 373 g/mol. The van der Waals surface area contributed by atoms with Gasteiger partial charge in [-0.1, -0.05) is 0 Å². The molecule has 0 aliphatic rings. The summed E-state index contributed by atoms with van der Waals surface area (Å²) in [5.74, 6) is 0.973. The average Bonchev–Trinajstić information content (AvgIpc) is 3.18. The van der Waals surface area contributed by atoms with Crippen LogP contribution in [-0.2, 0) is 0 Å². The molecule has 7 nitrogen and oxygen atoms in total. The molecule has 0 aliphatic carbocycles. The smallest absolute Gasteiger partial charge is 0.154 e. The molecule has 4 heterocycles. The fourth-order valence-corrected chi connectivity index (χ4v) is 3.15. The fraction of sp³-hybridized carbons (Fsp3) is 0.238. The Labute approximate surface area is 164 Å². The maximum absolute atomic E-state index is 4.78. The van der Waals surface area contributed by atoms with Crippen molar-refractivity contribution in [3.8, 4) is 22.5 Å². The second kappa shape index (κ2) is 8.14. The van der Waals surface area contributed by atoms with Gasteiger partial charge in [-0.25, -0.2) is 14.5 Å². The Morgan fingerprint density at radius 3 is 2.54 bits per heavy atom. The molecule has 0 radical (unpaired) electrons. The molecule has 4 aromatic rings. The molecule has 0 aliphatic heterocycles. The Kier molecular flexibility index (Phi) is 5.25. The molecule has 0 aromatic carbocycles. The van der Waals surface area contributed by atoms with Gasteiger partial charge in [0.1, 0.15) is 5.82 Å². The first kappa shape index (κ1) is 18.1. The molecule has 7 heteroatoms. The number of hydrogen-bond acceptors (Lipinski definition) is 6. The summed E-state index contributed by atoms with van der Waals surface area (Å²) in [5.41, 5.74) is 4.61. The molecule has 0 spiro atoms. The minimum Gasteiger partial charge on any atom is -0.356 e.